The Bertz CT molecular complexity index is 502. The van der Waals surface area contributed by atoms with E-state index >= 15 is 0 Å². The third kappa shape index (κ3) is 4.69. The molecule has 0 heterocycles. The van der Waals surface area contributed by atoms with Crippen molar-refractivity contribution in [3.63, 3.8) is 0 Å². The maximum atomic E-state index is 12.8. The Morgan fingerprint density at radius 1 is 0.800 bits per heavy atom. The van der Waals surface area contributed by atoms with Crippen LogP contribution in [0.1, 0.15) is 31.2 Å². The lowest BCUT2D eigenvalue weighted by molar-refractivity contribution is 0.480. The first-order valence-corrected chi connectivity index (χ1v) is 7.09. The smallest absolute Gasteiger partial charge is 0.127 e. The van der Waals surface area contributed by atoms with Crippen molar-refractivity contribution in [2.75, 3.05) is 0 Å². The number of benzene rings is 2. The molecule has 0 aliphatic rings. The monoisotopic (exact) mass is 271 g/mol. The summed E-state index contributed by atoms with van der Waals surface area (Å²) in [5.74, 6) is 1.17. The zero-order chi connectivity index (χ0) is 14.2. The van der Waals surface area contributed by atoms with Gasteiger partial charge in [-0.3, -0.25) is 0 Å². The first-order valence-electron chi connectivity index (χ1n) is 7.09. The van der Waals surface area contributed by atoms with Gasteiger partial charge in [-0.25, -0.2) is 4.39 Å². The molecule has 0 aromatic heterocycles. The van der Waals surface area contributed by atoms with Gasteiger partial charge in [0.2, 0.25) is 0 Å². The van der Waals surface area contributed by atoms with Gasteiger partial charge >= 0.3 is 0 Å². The number of halogens is 1. The molecule has 0 aliphatic heterocycles. The van der Waals surface area contributed by atoms with Gasteiger partial charge in [-0.05, 0) is 54.8 Å². The van der Waals surface area contributed by atoms with Gasteiger partial charge in [0.15, 0.2) is 0 Å². The molecule has 0 N–H and O–H groups in total. The molecule has 0 atom stereocenters. The third-order valence-electron chi connectivity index (χ3n) is 3.19. The molecule has 0 amide bonds. The summed E-state index contributed by atoms with van der Waals surface area (Å²) in [4.78, 5) is 0. The van der Waals surface area contributed by atoms with E-state index in [2.05, 4.69) is 19.1 Å². The van der Waals surface area contributed by atoms with E-state index in [1.54, 1.807) is 12.1 Å². The van der Waals surface area contributed by atoms with E-state index in [0.717, 1.165) is 18.6 Å². The number of unbranched alkanes of at least 4 members (excludes halogenated alkanes) is 3. The van der Waals surface area contributed by atoms with Gasteiger partial charge < -0.3 is 4.74 Å². The molecule has 0 fully saturated rings. The van der Waals surface area contributed by atoms with Gasteiger partial charge in [0, 0.05) is 0 Å². The van der Waals surface area contributed by atoms with Crippen molar-refractivity contribution in [2.45, 2.75) is 32.1 Å². The summed E-state index contributed by atoms with van der Waals surface area (Å²) in [5.41, 5.74) is 1.32. The number of rotatable bonds is 7. The molecule has 2 aromatic rings. The highest BCUT2D eigenvalue weighted by molar-refractivity contribution is 5.33. The Labute approximate surface area is 120 Å². The fourth-order valence-corrected chi connectivity index (χ4v) is 2.05. The molecule has 0 unspecified atom stereocenters. The second-order valence-corrected chi connectivity index (χ2v) is 4.86. The van der Waals surface area contributed by atoms with Crippen LogP contribution in [0, 0.1) is 12.7 Å². The molecule has 0 aliphatic carbocycles. The largest absolute Gasteiger partial charge is 0.457 e. The Morgan fingerprint density at radius 2 is 1.40 bits per heavy atom. The quantitative estimate of drug-likeness (QED) is 0.599. The standard InChI is InChI=1S/C18H20FO/c1-2-3-4-5-6-15-7-11-17(12-8-15)20-18-13-9-16(19)10-14-18/h7-14H,1-6H2. The van der Waals surface area contributed by atoms with Crippen LogP contribution in [0.15, 0.2) is 48.5 Å². The molecule has 2 heteroatoms. The molecule has 0 saturated heterocycles. The van der Waals surface area contributed by atoms with Gasteiger partial charge in [0.25, 0.3) is 0 Å². The third-order valence-corrected chi connectivity index (χ3v) is 3.19. The van der Waals surface area contributed by atoms with Crippen molar-refractivity contribution in [3.05, 3.63) is 66.8 Å². The lowest BCUT2D eigenvalue weighted by Crippen LogP contribution is -1.88. The van der Waals surface area contributed by atoms with Gasteiger partial charge in [-0.1, -0.05) is 38.3 Å². The van der Waals surface area contributed by atoms with Crippen LogP contribution in [0.5, 0.6) is 11.5 Å². The first-order chi connectivity index (χ1) is 9.78. The average Bonchev–Trinajstić information content (AvgIpc) is 2.48. The molecule has 2 rings (SSSR count). The van der Waals surface area contributed by atoms with Crippen LogP contribution in [0.25, 0.3) is 0 Å². The molecule has 2 aromatic carbocycles. The highest BCUT2D eigenvalue weighted by Crippen LogP contribution is 2.22. The Hall–Kier alpha value is -1.83. The minimum atomic E-state index is -0.255. The van der Waals surface area contributed by atoms with Crippen LogP contribution in [-0.4, -0.2) is 0 Å². The van der Waals surface area contributed by atoms with E-state index in [1.165, 1.54) is 37.0 Å². The Kier molecular flexibility index (Phi) is 5.60. The summed E-state index contributed by atoms with van der Waals surface area (Å²) in [7, 11) is 0. The predicted octanol–water partition coefficient (Wildman–Crippen LogP) is 5.55. The first kappa shape index (κ1) is 14.6. The van der Waals surface area contributed by atoms with Crippen LogP contribution in [0.2, 0.25) is 0 Å². The van der Waals surface area contributed by atoms with E-state index in [9.17, 15) is 4.39 Å². The zero-order valence-electron chi connectivity index (χ0n) is 11.6. The molecule has 0 saturated carbocycles. The summed E-state index contributed by atoms with van der Waals surface area (Å²) >= 11 is 0. The number of ether oxygens (including phenoxy) is 1. The number of hydrogen-bond acceptors (Lipinski definition) is 1. The van der Waals surface area contributed by atoms with Crippen molar-refractivity contribution in [3.8, 4) is 11.5 Å². The predicted molar refractivity (Wildman–Crippen MR) is 80.4 cm³/mol. The van der Waals surface area contributed by atoms with Crippen molar-refractivity contribution in [2.24, 2.45) is 0 Å². The lowest BCUT2D eigenvalue weighted by atomic mass is 10.1. The van der Waals surface area contributed by atoms with Crippen LogP contribution < -0.4 is 4.74 Å². The Morgan fingerprint density at radius 3 is 2.00 bits per heavy atom. The fourth-order valence-electron chi connectivity index (χ4n) is 2.05. The molecule has 1 nitrogen and oxygen atoms in total. The van der Waals surface area contributed by atoms with E-state index in [1.807, 2.05) is 12.1 Å². The van der Waals surface area contributed by atoms with Gasteiger partial charge in [-0.15, -0.1) is 0 Å². The second kappa shape index (κ2) is 7.68. The van der Waals surface area contributed by atoms with E-state index in [4.69, 9.17) is 4.74 Å². The highest BCUT2D eigenvalue weighted by Gasteiger charge is 1.99. The van der Waals surface area contributed by atoms with Crippen molar-refractivity contribution < 1.29 is 9.13 Å². The van der Waals surface area contributed by atoms with Crippen LogP contribution in [0.3, 0.4) is 0 Å². The van der Waals surface area contributed by atoms with Crippen molar-refractivity contribution >= 4 is 0 Å². The van der Waals surface area contributed by atoms with Crippen molar-refractivity contribution in [1.29, 1.82) is 0 Å². The molecular weight excluding hydrogens is 251 g/mol. The average molecular weight is 271 g/mol. The summed E-state index contributed by atoms with van der Waals surface area (Å²) in [6.45, 7) is 3.85. The zero-order valence-corrected chi connectivity index (χ0v) is 11.6. The lowest BCUT2D eigenvalue weighted by Gasteiger charge is -2.07. The minimum Gasteiger partial charge on any atom is -0.457 e. The molecule has 20 heavy (non-hydrogen) atoms. The summed E-state index contributed by atoms with van der Waals surface area (Å²) in [6, 6.07) is 14.1. The van der Waals surface area contributed by atoms with Crippen LogP contribution in [0.4, 0.5) is 4.39 Å². The number of hydrogen-bond donors (Lipinski definition) is 0. The molecule has 0 bridgehead atoms. The fraction of sp³-hybridized carbons (Fsp3) is 0.278. The molecule has 1 radical (unpaired) electrons. The summed E-state index contributed by atoms with van der Waals surface area (Å²) in [6.07, 6.45) is 5.75. The van der Waals surface area contributed by atoms with Gasteiger partial charge in [-0.2, -0.15) is 0 Å². The summed E-state index contributed by atoms with van der Waals surface area (Å²) in [5, 5.41) is 0. The molecular formula is C18H20FO. The summed E-state index contributed by atoms with van der Waals surface area (Å²) < 4.78 is 18.4. The van der Waals surface area contributed by atoms with Crippen molar-refractivity contribution in [1.82, 2.24) is 0 Å². The minimum absolute atomic E-state index is 0.255. The maximum absolute atomic E-state index is 12.8. The van der Waals surface area contributed by atoms with Gasteiger partial charge in [0.1, 0.15) is 17.3 Å². The maximum Gasteiger partial charge on any atom is 0.127 e. The van der Waals surface area contributed by atoms with E-state index < -0.39 is 0 Å². The number of aryl methyl sites for hydroxylation is 1. The van der Waals surface area contributed by atoms with E-state index in [0.29, 0.717) is 5.75 Å². The SMILES string of the molecule is [CH2]CCCCCc1ccc(Oc2ccc(F)cc2)cc1. The van der Waals surface area contributed by atoms with Crippen LogP contribution in [-0.2, 0) is 6.42 Å². The van der Waals surface area contributed by atoms with E-state index in [-0.39, 0.29) is 5.82 Å². The van der Waals surface area contributed by atoms with Gasteiger partial charge in [0.05, 0.1) is 0 Å². The molecule has 0 spiro atoms. The topological polar surface area (TPSA) is 9.23 Å². The Balaban J connectivity index is 1.86. The van der Waals surface area contributed by atoms with Crippen LogP contribution >= 0.6 is 0 Å². The second-order valence-electron chi connectivity index (χ2n) is 4.86. The highest BCUT2D eigenvalue weighted by atomic mass is 19.1. The normalized spacial score (nSPS) is 10.5. The molecule has 105 valence electrons.